The van der Waals surface area contributed by atoms with Crippen LogP contribution in [-0.2, 0) is 0 Å². The number of pyridine rings is 1. The summed E-state index contributed by atoms with van der Waals surface area (Å²) in [4.78, 5) is 15.3. The van der Waals surface area contributed by atoms with Gasteiger partial charge in [0.1, 0.15) is 10.3 Å². The van der Waals surface area contributed by atoms with E-state index >= 15 is 0 Å². The van der Waals surface area contributed by atoms with Gasteiger partial charge in [0.15, 0.2) is 5.78 Å². The lowest BCUT2D eigenvalue weighted by Crippen LogP contribution is -2.01. The number of rotatable bonds is 3. The molecule has 1 aromatic heterocycles. The summed E-state index contributed by atoms with van der Waals surface area (Å²) < 4.78 is 0.635. The van der Waals surface area contributed by atoms with Crippen LogP contribution >= 0.6 is 15.9 Å². The number of carbonyl (C=O) groups excluding carboxylic acids is 1. The van der Waals surface area contributed by atoms with Crippen LogP contribution in [0.2, 0.25) is 0 Å². The molecule has 0 saturated carbocycles. The van der Waals surface area contributed by atoms with Crippen LogP contribution in [-0.4, -0.2) is 10.8 Å². The highest BCUT2D eigenvalue weighted by atomic mass is 79.9. The molecule has 0 N–H and O–H groups in total. The molecule has 0 unspecified atom stereocenters. The Hall–Kier alpha value is -1.21. The van der Waals surface area contributed by atoms with Crippen molar-refractivity contribution >= 4 is 21.7 Å². The maximum Gasteiger partial charge on any atom is 0.182 e. The summed E-state index contributed by atoms with van der Waals surface area (Å²) in [6.45, 7) is 0. The van der Waals surface area contributed by atoms with Crippen LogP contribution in [0, 0.1) is 11.3 Å². The standard InChI is InChI=1S/C9H7BrN2O/c10-9-5-1-3-7(12-9)8(13)4-2-6-11/h1,3,5H,2,4H2. The SMILES string of the molecule is N#CCCC(=O)c1cccc(Br)n1. The van der Waals surface area contributed by atoms with Crippen LogP contribution in [0.4, 0.5) is 0 Å². The van der Waals surface area contributed by atoms with Crippen molar-refractivity contribution in [1.82, 2.24) is 4.98 Å². The van der Waals surface area contributed by atoms with Crippen molar-refractivity contribution in [3.05, 3.63) is 28.5 Å². The van der Waals surface area contributed by atoms with Crippen LogP contribution in [0.15, 0.2) is 22.8 Å². The minimum absolute atomic E-state index is 0.0946. The normalized spacial score (nSPS) is 9.23. The molecule has 1 rings (SSSR count). The zero-order valence-electron chi connectivity index (χ0n) is 6.83. The third-order valence-corrected chi connectivity index (χ3v) is 1.91. The molecule has 0 aliphatic heterocycles. The van der Waals surface area contributed by atoms with Crippen molar-refractivity contribution in [2.24, 2.45) is 0 Å². The Morgan fingerprint density at radius 1 is 1.62 bits per heavy atom. The monoisotopic (exact) mass is 238 g/mol. The Kier molecular flexibility index (Phi) is 3.59. The molecule has 0 aliphatic rings. The van der Waals surface area contributed by atoms with Gasteiger partial charge in [0.05, 0.1) is 6.07 Å². The maximum atomic E-state index is 11.3. The van der Waals surface area contributed by atoms with Gasteiger partial charge in [-0.2, -0.15) is 5.26 Å². The molecular formula is C9H7BrN2O. The van der Waals surface area contributed by atoms with Crippen LogP contribution in [0.5, 0.6) is 0 Å². The molecule has 0 aliphatic carbocycles. The number of nitrogens with zero attached hydrogens (tertiary/aromatic N) is 2. The van der Waals surface area contributed by atoms with Gasteiger partial charge in [0.25, 0.3) is 0 Å². The molecule has 1 heterocycles. The number of nitriles is 1. The number of Topliss-reactive ketones (excluding diaryl/α,β-unsaturated/α-hetero) is 1. The van der Waals surface area contributed by atoms with Crippen LogP contribution in [0.3, 0.4) is 0 Å². The second kappa shape index (κ2) is 4.73. The number of hydrogen-bond donors (Lipinski definition) is 0. The van der Waals surface area contributed by atoms with Gasteiger partial charge >= 0.3 is 0 Å². The van der Waals surface area contributed by atoms with E-state index in [2.05, 4.69) is 20.9 Å². The molecule has 1 aromatic rings. The molecule has 4 heteroatoms. The fourth-order valence-electron chi connectivity index (χ4n) is 0.861. The summed E-state index contributed by atoms with van der Waals surface area (Å²) in [7, 11) is 0. The largest absolute Gasteiger partial charge is 0.292 e. The number of carbonyl (C=O) groups is 1. The lowest BCUT2D eigenvalue weighted by atomic mass is 10.1. The van der Waals surface area contributed by atoms with E-state index < -0.39 is 0 Å². The number of aromatic nitrogens is 1. The van der Waals surface area contributed by atoms with E-state index in [9.17, 15) is 4.79 Å². The predicted molar refractivity (Wildman–Crippen MR) is 51.1 cm³/mol. The Labute approximate surface area is 84.5 Å². The van der Waals surface area contributed by atoms with E-state index in [1.807, 2.05) is 6.07 Å². The first-order valence-corrected chi connectivity index (χ1v) is 4.56. The smallest absolute Gasteiger partial charge is 0.182 e. The second-order valence-corrected chi connectivity index (χ2v) is 3.24. The lowest BCUT2D eigenvalue weighted by Gasteiger charge is -1.96. The summed E-state index contributed by atoms with van der Waals surface area (Å²) in [6.07, 6.45) is 0.479. The zero-order valence-corrected chi connectivity index (χ0v) is 8.41. The van der Waals surface area contributed by atoms with Crippen LogP contribution in [0.1, 0.15) is 23.3 Å². The van der Waals surface area contributed by atoms with Gasteiger partial charge in [0.2, 0.25) is 0 Å². The zero-order chi connectivity index (χ0) is 9.68. The average Bonchev–Trinajstić information content (AvgIpc) is 2.14. The van der Waals surface area contributed by atoms with E-state index in [4.69, 9.17) is 5.26 Å². The number of ketones is 1. The summed E-state index contributed by atoms with van der Waals surface area (Å²) in [6, 6.07) is 7.06. The number of hydrogen-bond acceptors (Lipinski definition) is 3. The fourth-order valence-corrected chi connectivity index (χ4v) is 1.20. The molecule has 0 amide bonds. The van der Waals surface area contributed by atoms with Gasteiger partial charge in [0, 0.05) is 12.8 Å². The van der Waals surface area contributed by atoms with E-state index in [1.54, 1.807) is 18.2 Å². The van der Waals surface area contributed by atoms with Gasteiger partial charge in [-0.25, -0.2) is 4.98 Å². The fraction of sp³-hybridized carbons (Fsp3) is 0.222. The first-order valence-electron chi connectivity index (χ1n) is 3.77. The van der Waals surface area contributed by atoms with Gasteiger partial charge in [-0.3, -0.25) is 4.79 Å². The Bertz CT molecular complexity index is 357. The quantitative estimate of drug-likeness (QED) is 0.600. The van der Waals surface area contributed by atoms with Crippen molar-refractivity contribution in [3.8, 4) is 6.07 Å². The molecule has 13 heavy (non-hydrogen) atoms. The van der Waals surface area contributed by atoms with Crippen molar-refractivity contribution in [3.63, 3.8) is 0 Å². The summed E-state index contributed by atoms with van der Waals surface area (Å²) >= 11 is 3.17. The topological polar surface area (TPSA) is 53.8 Å². The first kappa shape index (κ1) is 9.87. The third kappa shape index (κ3) is 2.96. The molecule has 3 nitrogen and oxygen atoms in total. The highest BCUT2D eigenvalue weighted by molar-refractivity contribution is 9.10. The van der Waals surface area contributed by atoms with Crippen LogP contribution < -0.4 is 0 Å². The van der Waals surface area contributed by atoms with Gasteiger partial charge < -0.3 is 0 Å². The van der Waals surface area contributed by atoms with Gasteiger partial charge in [-0.05, 0) is 28.1 Å². The van der Waals surface area contributed by atoms with Crippen molar-refractivity contribution in [1.29, 1.82) is 5.26 Å². The van der Waals surface area contributed by atoms with Crippen LogP contribution in [0.25, 0.3) is 0 Å². The summed E-state index contributed by atoms with van der Waals surface area (Å²) in [5, 5.41) is 8.28. The molecule has 0 radical (unpaired) electrons. The van der Waals surface area contributed by atoms with Gasteiger partial charge in [-0.15, -0.1) is 0 Å². The first-order chi connectivity index (χ1) is 6.24. The van der Waals surface area contributed by atoms with Crippen molar-refractivity contribution in [2.75, 3.05) is 0 Å². The summed E-state index contributed by atoms with van der Waals surface area (Å²) in [5.74, 6) is -0.0946. The predicted octanol–water partition coefficient (Wildman–Crippen LogP) is 2.33. The molecule has 0 aromatic carbocycles. The van der Waals surface area contributed by atoms with E-state index in [-0.39, 0.29) is 18.6 Å². The molecule has 0 fully saturated rings. The molecule has 0 saturated heterocycles. The molecule has 66 valence electrons. The average molecular weight is 239 g/mol. The molecule has 0 bridgehead atoms. The van der Waals surface area contributed by atoms with E-state index in [0.717, 1.165) is 0 Å². The summed E-state index contributed by atoms with van der Waals surface area (Å²) in [5.41, 5.74) is 0.407. The maximum absolute atomic E-state index is 11.3. The molecule has 0 spiro atoms. The third-order valence-electron chi connectivity index (χ3n) is 1.46. The Balaban J connectivity index is 2.72. The Morgan fingerprint density at radius 3 is 3.00 bits per heavy atom. The second-order valence-electron chi connectivity index (χ2n) is 2.43. The minimum Gasteiger partial charge on any atom is -0.292 e. The number of halogens is 1. The highest BCUT2D eigenvalue weighted by Crippen LogP contribution is 2.08. The highest BCUT2D eigenvalue weighted by Gasteiger charge is 2.06. The van der Waals surface area contributed by atoms with Crippen molar-refractivity contribution in [2.45, 2.75) is 12.8 Å². The van der Waals surface area contributed by atoms with Crippen molar-refractivity contribution < 1.29 is 4.79 Å². The molecular weight excluding hydrogens is 232 g/mol. The molecule has 0 atom stereocenters. The lowest BCUT2D eigenvalue weighted by molar-refractivity contribution is 0.0979. The Morgan fingerprint density at radius 2 is 2.38 bits per heavy atom. The minimum atomic E-state index is -0.0946. The van der Waals surface area contributed by atoms with E-state index in [1.165, 1.54) is 0 Å². The van der Waals surface area contributed by atoms with E-state index in [0.29, 0.717) is 10.3 Å². The van der Waals surface area contributed by atoms with Gasteiger partial charge in [-0.1, -0.05) is 6.07 Å².